The minimum absolute atomic E-state index is 0.178. The molecule has 0 radical (unpaired) electrons. The Bertz CT molecular complexity index is 524. The smallest absolute Gasteiger partial charge is 0.328 e. The van der Waals surface area contributed by atoms with Gasteiger partial charge in [0.05, 0.1) is 19.8 Å². The van der Waals surface area contributed by atoms with Crippen LogP contribution in [0, 0.1) is 0 Å². The van der Waals surface area contributed by atoms with Gasteiger partial charge in [0, 0.05) is 17.5 Å². The molecule has 1 saturated carbocycles. The molecule has 8 heteroatoms. The lowest BCUT2D eigenvalue weighted by Crippen LogP contribution is -2.54. The molecule has 0 aromatic rings. The average molecular weight is 401 g/mol. The van der Waals surface area contributed by atoms with E-state index in [0.717, 1.165) is 6.42 Å². The number of carbonyl (C=O) groups is 3. The molecule has 1 heterocycles. The van der Waals surface area contributed by atoms with E-state index in [1.165, 1.54) is 32.8 Å². The summed E-state index contributed by atoms with van der Waals surface area (Å²) in [6, 6.07) is -1.64. The Morgan fingerprint density at radius 1 is 1.19 bits per heavy atom. The predicted octanol–water partition coefficient (Wildman–Crippen LogP) is 1.74. The summed E-state index contributed by atoms with van der Waals surface area (Å²) in [7, 11) is 1.34. The molecular formula is C19H32N2O5S. The molecule has 2 rings (SSSR count). The van der Waals surface area contributed by atoms with Gasteiger partial charge in [-0.15, -0.1) is 0 Å². The number of amides is 1. The quantitative estimate of drug-likeness (QED) is 0.590. The van der Waals surface area contributed by atoms with Crippen molar-refractivity contribution in [2.45, 2.75) is 75.7 Å². The van der Waals surface area contributed by atoms with E-state index in [0.29, 0.717) is 30.6 Å². The predicted molar refractivity (Wildman–Crippen MR) is 104 cm³/mol. The lowest BCUT2D eigenvalue weighted by molar-refractivity contribution is -0.152. The maximum atomic E-state index is 12.8. The SMILES string of the molecule is CCOC(=O)[C@H](CSC1CCCC1)NC(C)C(=O)N1CCC[C@H]1C(=O)OC. The molecule has 1 amide bonds. The van der Waals surface area contributed by atoms with Crippen LogP contribution in [0.3, 0.4) is 0 Å². The summed E-state index contributed by atoms with van der Waals surface area (Å²) in [5.74, 6) is -0.301. The molecule has 0 spiro atoms. The Hall–Kier alpha value is -1.28. The number of nitrogens with one attached hydrogen (secondary N) is 1. The molecule has 1 saturated heterocycles. The second-order valence-electron chi connectivity index (χ2n) is 7.15. The second kappa shape index (κ2) is 10.9. The minimum Gasteiger partial charge on any atom is -0.467 e. The minimum atomic E-state index is -0.575. The monoisotopic (exact) mass is 400 g/mol. The van der Waals surface area contributed by atoms with E-state index in [9.17, 15) is 14.4 Å². The first-order valence-corrected chi connectivity index (χ1v) is 10.9. The zero-order chi connectivity index (χ0) is 19.8. The molecular weight excluding hydrogens is 368 g/mol. The van der Waals surface area contributed by atoms with Crippen molar-refractivity contribution in [2.75, 3.05) is 26.0 Å². The van der Waals surface area contributed by atoms with Crippen LogP contribution < -0.4 is 5.32 Å². The summed E-state index contributed by atoms with van der Waals surface area (Å²) >= 11 is 1.78. The third-order valence-corrected chi connectivity index (χ3v) is 6.67. The molecule has 27 heavy (non-hydrogen) atoms. The second-order valence-corrected chi connectivity index (χ2v) is 8.48. The first kappa shape index (κ1) is 22.0. The Labute approximate surface area is 165 Å². The van der Waals surface area contributed by atoms with Crippen LogP contribution in [0.1, 0.15) is 52.4 Å². The highest BCUT2D eigenvalue weighted by Gasteiger charge is 2.37. The van der Waals surface area contributed by atoms with E-state index in [-0.39, 0.29) is 17.8 Å². The molecule has 1 N–H and O–H groups in total. The highest BCUT2D eigenvalue weighted by molar-refractivity contribution is 8.00. The standard InChI is InChI=1S/C19H32N2O5S/c1-4-26-18(23)15(12-27-14-8-5-6-9-14)20-13(2)17(22)21-11-7-10-16(21)19(24)25-3/h13-16,20H,4-12H2,1-3H3/t13?,15-,16-/m0/s1. The third kappa shape index (κ3) is 6.10. The van der Waals surface area contributed by atoms with E-state index in [4.69, 9.17) is 9.47 Å². The van der Waals surface area contributed by atoms with E-state index in [1.54, 1.807) is 30.5 Å². The molecule has 154 valence electrons. The van der Waals surface area contributed by atoms with Crippen molar-refractivity contribution in [3.63, 3.8) is 0 Å². The number of carbonyl (C=O) groups excluding carboxylic acids is 3. The van der Waals surface area contributed by atoms with Crippen LogP contribution in [-0.2, 0) is 23.9 Å². The molecule has 0 aromatic heterocycles. The van der Waals surface area contributed by atoms with Crippen LogP contribution in [0.25, 0.3) is 0 Å². The van der Waals surface area contributed by atoms with Gasteiger partial charge in [0.15, 0.2) is 0 Å². The fourth-order valence-electron chi connectivity index (χ4n) is 3.75. The largest absolute Gasteiger partial charge is 0.467 e. The van der Waals surface area contributed by atoms with Gasteiger partial charge in [-0.05, 0) is 39.5 Å². The molecule has 1 aliphatic heterocycles. The van der Waals surface area contributed by atoms with Crippen LogP contribution in [-0.4, -0.2) is 72.1 Å². The zero-order valence-corrected chi connectivity index (χ0v) is 17.4. The number of nitrogens with zero attached hydrogens (tertiary/aromatic N) is 1. The highest BCUT2D eigenvalue weighted by Crippen LogP contribution is 2.30. The Morgan fingerprint density at radius 3 is 2.52 bits per heavy atom. The van der Waals surface area contributed by atoms with E-state index < -0.39 is 18.1 Å². The number of rotatable bonds is 9. The number of esters is 2. The van der Waals surface area contributed by atoms with Crippen molar-refractivity contribution in [2.24, 2.45) is 0 Å². The number of likely N-dealkylation sites (tertiary alicyclic amines) is 1. The summed E-state index contributed by atoms with van der Waals surface area (Å²) in [5.41, 5.74) is 0. The molecule has 0 aromatic carbocycles. The van der Waals surface area contributed by atoms with Crippen molar-refractivity contribution < 1.29 is 23.9 Å². The van der Waals surface area contributed by atoms with Crippen LogP contribution in [0.5, 0.6) is 0 Å². The van der Waals surface area contributed by atoms with Crippen LogP contribution in [0.2, 0.25) is 0 Å². The van der Waals surface area contributed by atoms with Crippen LogP contribution in [0.15, 0.2) is 0 Å². The number of hydrogen-bond donors (Lipinski definition) is 1. The van der Waals surface area contributed by atoms with Crippen molar-refractivity contribution in [1.82, 2.24) is 10.2 Å². The summed E-state index contributed by atoms with van der Waals surface area (Å²) in [4.78, 5) is 38.7. The average Bonchev–Trinajstić information content (AvgIpc) is 3.35. The molecule has 2 fully saturated rings. The first-order chi connectivity index (χ1) is 13.0. The van der Waals surface area contributed by atoms with Crippen molar-refractivity contribution in [3.05, 3.63) is 0 Å². The van der Waals surface area contributed by atoms with Crippen molar-refractivity contribution in [1.29, 1.82) is 0 Å². The van der Waals surface area contributed by atoms with E-state index >= 15 is 0 Å². The zero-order valence-electron chi connectivity index (χ0n) is 16.6. The van der Waals surface area contributed by atoms with Gasteiger partial charge in [-0.1, -0.05) is 12.8 Å². The van der Waals surface area contributed by atoms with Gasteiger partial charge >= 0.3 is 11.9 Å². The van der Waals surface area contributed by atoms with Gasteiger partial charge in [-0.25, -0.2) is 4.79 Å². The van der Waals surface area contributed by atoms with Crippen LogP contribution in [0.4, 0.5) is 0 Å². The van der Waals surface area contributed by atoms with Gasteiger partial charge in [0.25, 0.3) is 0 Å². The Kier molecular flexibility index (Phi) is 8.89. The van der Waals surface area contributed by atoms with Gasteiger partial charge in [0.1, 0.15) is 12.1 Å². The lowest BCUT2D eigenvalue weighted by Gasteiger charge is -2.28. The summed E-state index contributed by atoms with van der Waals surface area (Å²) in [6.45, 7) is 4.36. The van der Waals surface area contributed by atoms with Crippen molar-refractivity contribution >= 4 is 29.6 Å². The summed E-state index contributed by atoms with van der Waals surface area (Å²) in [5, 5.41) is 3.72. The molecule has 0 bridgehead atoms. The van der Waals surface area contributed by atoms with Gasteiger partial charge < -0.3 is 14.4 Å². The molecule has 3 atom stereocenters. The Balaban J connectivity index is 1.95. The molecule has 1 unspecified atom stereocenters. The topological polar surface area (TPSA) is 84.9 Å². The number of thioether (sulfide) groups is 1. The molecule has 2 aliphatic rings. The third-order valence-electron chi connectivity index (χ3n) is 5.20. The van der Waals surface area contributed by atoms with Gasteiger partial charge in [-0.3, -0.25) is 14.9 Å². The van der Waals surface area contributed by atoms with E-state index in [2.05, 4.69) is 5.32 Å². The molecule has 7 nitrogen and oxygen atoms in total. The first-order valence-electron chi connectivity index (χ1n) is 9.90. The van der Waals surface area contributed by atoms with Crippen LogP contribution >= 0.6 is 11.8 Å². The molecule has 1 aliphatic carbocycles. The van der Waals surface area contributed by atoms with Crippen molar-refractivity contribution in [3.8, 4) is 0 Å². The highest BCUT2D eigenvalue weighted by atomic mass is 32.2. The fraction of sp³-hybridized carbons (Fsp3) is 0.842. The fourth-order valence-corrected chi connectivity index (χ4v) is 5.11. The lowest BCUT2D eigenvalue weighted by atomic mass is 10.2. The van der Waals surface area contributed by atoms with E-state index in [1.807, 2.05) is 0 Å². The maximum Gasteiger partial charge on any atom is 0.328 e. The number of methoxy groups -OCH3 is 1. The van der Waals surface area contributed by atoms with Gasteiger partial charge in [0.2, 0.25) is 5.91 Å². The van der Waals surface area contributed by atoms with Gasteiger partial charge in [-0.2, -0.15) is 11.8 Å². The summed E-state index contributed by atoms with van der Waals surface area (Å²) < 4.78 is 10.00. The normalized spacial score (nSPS) is 22.5. The Morgan fingerprint density at radius 2 is 1.89 bits per heavy atom. The number of ether oxygens (including phenoxy) is 2. The number of hydrogen-bond acceptors (Lipinski definition) is 7. The maximum absolute atomic E-state index is 12.8. The summed E-state index contributed by atoms with van der Waals surface area (Å²) in [6.07, 6.45) is 6.25.